The number of nitrogens with zero attached hydrogens (tertiary/aromatic N) is 4. The minimum atomic E-state index is 0.00108. The van der Waals surface area contributed by atoms with Gasteiger partial charge in [-0.2, -0.15) is 10.2 Å². The average Bonchev–Trinajstić information content (AvgIpc) is 3.11. The number of aryl methyl sites for hydroxylation is 1. The first-order chi connectivity index (χ1) is 9.78. The average molecular weight is 267 g/mol. The van der Waals surface area contributed by atoms with Crippen molar-refractivity contribution in [2.45, 2.75) is 6.04 Å². The third kappa shape index (κ3) is 2.35. The summed E-state index contributed by atoms with van der Waals surface area (Å²) in [4.78, 5) is 0. The lowest BCUT2D eigenvalue weighted by Gasteiger charge is -2.10. The summed E-state index contributed by atoms with van der Waals surface area (Å²) in [6.07, 6.45) is 3.91. The van der Waals surface area contributed by atoms with Crippen LogP contribution in [0.3, 0.4) is 0 Å². The van der Waals surface area contributed by atoms with Crippen LogP contribution >= 0.6 is 0 Å². The zero-order valence-electron chi connectivity index (χ0n) is 11.6. The Balaban J connectivity index is 1.92. The van der Waals surface area contributed by atoms with Gasteiger partial charge in [-0.15, -0.1) is 0 Å². The van der Waals surface area contributed by atoms with Gasteiger partial charge in [0.25, 0.3) is 0 Å². The van der Waals surface area contributed by atoms with E-state index in [0.29, 0.717) is 0 Å². The van der Waals surface area contributed by atoms with Crippen LogP contribution in [-0.2, 0) is 7.05 Å². The summed E-state index contributed by atoms with van der Waals surface area (Å²) in [5.41, 5.74) is 2.97. The summed E-state index contributed by atoms with van der Waals surface area (Å²) in [6.45, 7) is 0. The Morgan fingerprint density at radius 1 is 0.950 bits per heavy atom. The maximum absolute atomic E-state index is 4.64. The van der Waals surface area contributed by atoms with Gasteiger partial charge in [-0.05, 0) is 31.3 Å². The Hall–Kier alpha value is -2.40. The van der Waals surface area contributed by atoms with Crippen LogP contribution in [0.1, 0.15) is 17.4 Å². The van der Waals surface area contributed by atoms with Crippen LogP contribution in [0, 0.1) is 0 Å². The Kier molecular flexibility index (Phi) is 3.35. The fourth-order valence-electron chi connectivity index (χ4n) is 2.25. The standard InChI is InChI=1S/C15H17N5/c1-16-15(13-8-10-19(2)17-13)14-9-11-20(18-14)12-6-4-3-5-7-12/h3-11,15-16H,1-2H3. The van der Waals surface area contributed by atoms with E-state index in [1.54, 1.807) is 4.68 Å². The van der Waals surface area contributed by atoms with Crippen LogP contribution in [0.25, 0.3) is 5.69 Å². The van der Waals surface area contributed by atoms with Crippen LogP contribution in [0.2, 0.25) is 0 Å². The number of hydrogen-bond acceptors (Lipinski definition) is 3. The summed E-state index contributed by atoms with van der Waals surface area (Å²) in [7, 11) is 3.83. The van der Waals surface area contributed by atoms with Crippen molar-refractivity contribution in [2.75, 3.05) is 7.05 Å². The maximum Gasteiger partial charge on any atom is 0.0960 e. The van der Waals surface area contributed by atoms with E-state index >= 15 is 0 Å². The zero-order valence-corrected chi connectivity index (χ0v) is 11.6. The molecule has 1 N–H and O–H groups in total. The molecule has 2 aromatic heterocycles. The predicted octanol–water partition coefficient (Wildman–Crippen LogP) is 1.91. The quantitative estimate of drug-likeness (QED) is 0.785. The molecule has 102 valence electrons. The zero-order chi connectivity index (χ0) is 13.9. The topological polar surface area (TPSA) is 47.7 Å². The van der Waals surface area contributed by atoms with Gasteiger partial charge in [-0.1, -0.05) is 18.2 Å². The molecule has 1 unspecified atom stereocenters. The summed E-state index contributed by atoms with van der Waals surface area (Å²) >= 11 is 0. The summed E-state index contributed by atoms with van der Waals surface area (Å²) in [6, 6.07) is 14.1. The van der Waals surface area contributed by atoms with Gasteiger partial charge in [0.1, 0.15) is 0 Å². The number of hydrogen-bond donors (Lipinski definition) is 1. The molecule has 0 amide bonds. The molecular weight excluding hydrogens is 250 g/mol. The highest BCUT2D eigenvalue weighted by atomic mass is 15.3. The Labute approximate surface area is 117 Å². The molecule has 0 bridgehead atoms. The van der Waals surface area contributed by atoms with Gasteiger partial charge >= 0.3 is 0 Å². The molecule has 0 fully saturated rings. The Morgan fingerprint density at radius 3 is 2.30 bits per heavy atom. The second-order valence-corrected chi connectivity index (χ2v) is 4.66. The molecule has 0 aliphatic rings. The molecule has 0 saturated heterocycles. The smallest absolute Gasteiger partial charge is 0.0960 e. The lowest BCUT2D eigenvalue weighted by Crippen LogP contribution is -2.19. The van der Waals surface area contributed by atoms with Gasteiger partial charge in [0.05, 0.1) is 23.1 Å². The van der Waals surface area contributed by atoms with E-state index < -0.39 is 0 Å². The molecule has 0 aliphatic heterocycles. The molecule has 3 rings (SSSR count). The van der Waals surface area contributed by atoms with Crippen molar-refractivity contribution in [2.24, 2.45) is 7.05 Å². The number of para-hydroxylation sites is 1. The molecule has 0 spiro atoms. The van der Waals surface area contributed by atoms with Gasteiger partial charge in [0, 0.05) is 19.4 Å². The van der Waals surface area contributed by atoms with Gasteiger partial charge in [0.2, 0.25) is 0 Å². The monoisotopic (exact) mass is 267 g/mol. The number of rotatable bonds is 4. The maximum atomic E-state index is 4.64. The molecule has 1 atom stereocenters. The molecule has 0 aliphatic carbocycles. The fraction of sp³-hybridized carbons (Fsp3) is 0.200. The van der Waals surface area contributed by atoms with Crippen molar-refractivity contribution in [3.63, 3.8) is 0 Å². The summed E-state index contributed by atoms with van der Waals surface area (Å²) in [5.74, 6) is 0. The highest BCUT2D eigenvalue weighted by Crippen LogP contribution is 2.19. The second-order valence-electron chi connectivity index (χ2n) is 4.66. The third-order valence-electron chi connectivity index (χ3n) is 3.24. The van der Waals surface area contributed by atoms with Crippen molar-refractivity contribution < 1.29 is 0 Å². The molecule has 2 heterocycles. The molecule has 20 heavy (non-hydrogen) atoms. The molecule has 5 heteroatoms. The van der Waals surface area contributed by atoms with Gasteiger partial charge < -0.3 is 5.32 Å². The van der Waals surface area contributed by atoms with Gasteiger partial charge in [-0.25, -0.2) is 4.68 Å². The van der Waals surface area contributed by atoms with Crippen molar-refractivity contribution in [1.82, 2.24) is 24.9 Å². The normalized spacial score (nSPS) is 12.5. The van der Waals surface area contributed by atoms with Gasteiger partial charge in [0.15, 0.2) is 0 Å². The second kappa shape index (κ2) is 5.30. The van der Waals surface area contributed by atoms with E-state index in [2.05, 4.69) is 15.5 Å². The highest BCUT2D eigenvalue weighted by Gasteiger charge is 2.17. The number of benzene rings is 1. The molecule has 3 aromatic rings. The minimum absolute atomic E-state index is 0.00108. The Bertz CT molecular complexity index is 683. The van der Waals surface area contributed by atoms with E-state index in [4.69, 9.17) is 0 Å². The number of aromatic nitrogens is 4. The fourth-order valence-corrected chi connectivity index (χ4v) is 2.25. The van der Waals surface area contributed by atoms with Crippen LogP contribution in [0.4, 0.5) is 0 Å². The summed E-state index contributed by atoms with van der Waals surface area (Å²) < 4.78 is 3.68. The SMILES string of the molecule is CNC(c1ccn(C)n1)c1ccn(-c2ccccc2)n1. The van der Waals surface area contributed by atoms with Crippen LogP contribution in [0.15, 0.2) is 54.9 Å². The van der Waals surface area contributed by atoms with E-state index in [9.17, 15) is 0 Å². The molecule has 0 radical (unpaired) electrons. The van der Waals surface area contributed by atoms with Crippen molar-refractivity contribution in [1.29, 1.82) is 0 Å². The van der Waals surface area contributed by atoms with E-state index in [0.717, 1.165) is 17.1 Å². The first-order valence-corrected chi connectivity index (χ1v) is 6.56. The lowest BCUT2D eigenvalue weighted by atomic mass is 10.1. The minimum Gasteiger partial charge on any atom is -0.307 e. The first kappa shape index (κ1) is 12.6. The van der Waals surface area contributed by atoms with Gasteiger partial charge in [-0.3, -0.25) is 4.68 Å². The molecule has 5 nitrogen and oxygen atoms in total. The molecule has 1 aromatic carbocycles. The molecule has 0 saturated carbocycles. The van der Waals surface area contributed by atoms with Crippen LogP contribution in [-0.4, -0.2) is 26.6 Å². The predicted molar refractivity (Wildman–Crippen MR) is 77.7 cm³/mol. The van der Waals surface area contributed by atoms with Crippen LogP contribution in [0.5, 0.6) is 0 Å². The van der Waals surface area contributed by atoms with Crippen molar-refractivity contribution >= 4 is 0 Å². The summed E-state index contributed by atoms with van der Waals surface area (Å²) in [5, 5.41) is 12.3. The first-order valence-electron chi connectivity index (χ1n) is 6.56. The van der Waals surface area contributed by atoms with E-state index in [-0.39, 0.29) is 6.04 Å². The molecular formula is C15H17N5. The number of nitrogens with one attached hydrogen (secondary N) is 1. The Morgan fingerprint density at radius 2 is 1.65 bits per heavy atom. The lowest BCUT2D eigenvalue weighted by molar-refractivity contribution is 0.619. The van der Waals surface area contributed by atoms with E-state index in [1.807, 2.05) is 73.6 Å². The van der Waals surface area contributed by atoms with Crippen molar-refractivity contribution in [3.05, 3.63) is 66.2 Å². The highest BCUT2D eigenvalue weighted by molar-refractivity contribution is 5.31. The third-order valence-corrected chi connectivity index (χ3v) is 3.24. The largest absolute Gasteiger partial charge is 0.307 e. The van der Waals surface area contributed by atoms with Crippen LogP contribution < -0.4 is 5.32 Å². The van der Waals surface area contributed by atoms with E-state index in [1.165, 1.54) is 0 Å². The van der Waals surface area contributed by atoms with Crippen molar-refractivity contribution in [3.8, 4) is 5.69 Å².